The Kier molecular flexibility index (Phi) is 6.50. The minimum absolute atomic E-state index is 0.756. The first-order chi connectivity index (χ1) is 9.31. The number of ether oxygens (including phenoxy) is 1. The van der Waals surface area contributed by atoms with E-state index in [2.05, 4.69) is 44.3 Å². The highest BCUT2D eigenvalue weighted by Gasteiger charge is 2.14. The van der Waals surface area contributed by atoms with E-state index in [0.29, 0.717) is 0 Å². The zero-order valence-corrected chi connectivity index (χ0v) is 13.7. The molecule has 5 heteroatoms. The van der Waals surface area contributed by atoms with Gasteiger partial charge in [0, 0.05) is 55.0 Å². The van der Waals surface area contributed by atoms with Crippen molar-refractivity contribution in [3.63, 3.8) is 0 Å². The third-order valence-corrected chi connectivity index (χ3v) is 4.63. The topological polar surface area (TPSA) is 24.5 Å². The highest BCUT2D eigenvalue weighted by atomic mass is 79.9. The number of halogens is 1. The maximum Gasteiger partial charge on any atom is 0.0587 e. The minimum atomic E-state index is 0.756. The molecule has 0 aromatic heterocycles. The molecule has 3 nitrogen and oxygen atoms in total. The maximum absolute atomic E-state index is 5.06. The lowest BCUT2D eigenvalue weighted by Gasteiger charge is -2.30. The van der Waals surface area contributed by atoms with E-state index in [1.165, 1.54) is 22.8 Å². The fourth-order valence-electron chi connectivity index (χ4n) is 2.18. The Bertz CT molecular complexity index is 397. The maximum atomic E-state index is 5.06. The molecule has 1 aromatic rings. The lowest BCUT2D eigenvalue weighted by atomic mass is 10.1. The molecule has 1 N–H and O–H groups in total. The van der Waals surface area contributed by atoms with Gasteiger partial charge in [-0.1, -0.05) is 22.0 Å². The summed E-state index contributed by atoms with van der Waals surface area (Å²) in [7, 11) is 1.73. The molecule has 0 bridgehead atoms. The van der Waals surface area contributed by atoms with Crippen LogP contribution >= 0.6 is 27.7 Å². The fraction of sp³-hybridized carbons (Fsp3) is 0.571. The first-order valence-electron chi connectivity index (χ1n) is 6.62. The Morgan fingerprint density at radius 3 is 2.89 bits per heavy atom. The van der Waals surface area contributed by atoms with Gasteiger partial charge in [0.1, 0.15) is 0 Å². The molecule has 1 fully saturated rings. The van der Waals surface area contributed by atoms with Crippen LogP contribution in [0.2, 0.25) is 0 Å². The van der Waals surface area contributed by atoms with Crippen LogP contribution in [0.4, 0.5) is 5.69 Å². The van der Waals surface area contributed by atoms with E-state index in [9.17, 15) is 0 Å². The molecule has 1 heterocycles. The number of rotatable bonds is 6. The third-order valence-electron chi connectivity index (χ3n) is 3.20. The number of thioether (sulfide) groups is 1. The molecule has 0 radical (unpaired) electrons. The second-order valence-electron chi connectivity index (χ2n) is 4.54. The van der Waals surface area contributed by atoms with Crippen molar-refractivity contribution in [3.05, 3.63) is 28.2 Å². The van der Waals surface area contributed by atoms with Crippen molar-refractivity contribution in [2.75, 3.05) is 49.8 Å². The standard InChI is InChI=1S/C14H21BrN2OS/c1-18-7-4-16-11-12-2-3-13(15)10-14(12)17-5-8-19-9-6-17/h2-3,10,16H,4-9,11H2,1H3. The van der Waals surface area contributed by atoms with Crippen LogP contribution in [0.15, 0.2) is 22.7 Å². The molecule has 1 aromatic carbocycles. The van der Waals surface area contributed by atoms with Crippen LogP contribution in [0.25, 0.3) is 0 Å². The molecule has 0 atom stereocenters. The monoisotopic (exact) mass is 344 g/mol. The summed E-state index contributed by atoms with van der Waals surface area (Å²) in [6.45, 7) is 4.84. The Balaban J connectivity index is 2.03. The SMILES string of the molecule is COCCNCc1ccc(Br)cc1N1CCSCC1. The van der Waals surface area contributed by atoms with E-state index in [-0.39, 0.29) is 0 Å². The number of nitrogens with one attached hydrogen (secondary N) is 1. The largest absolute Gasteiger partial charge is 0.383 e. The van der Waals surface area contributed by atoms with Crippen molar-refractivity contribution in [2.24, 2.45) is 0 Å². The molecule has 1 aliphatic rings. The van der Waals surface area contributed by atoms with Crippen molar-refractivity contribution in [3.8, 4) is 0 Å². The van der Waals surface area contributed by atoms with Crippen LogP contribution in [0.1, 0.15) is 5.56 Å². The molecule has 0 spiro atoms. The zero-order valence-electron chi connectivity index (χ0n) is 11.3. The second kappa shape index (κ2) is 8.15. The zero-order chi connectivity index (χ0) is 13.5. The number of methoxy groups -OCH3 is 1. The molecule has 2 rings (SSSR count). The Labute approximate surface area is 128 Å². The van der Waals surface area contributed by atoms with Gasteiger partial charge < -0.3 is 15.0 Å². The molecular weight excluding hydrogens is 324 g/mol. The van der Waals surface area contributed by atoms with E-state index < -0.39 is 0 Å². The van der Waals surface area contributed by atoms with E-state index >= 15 is 0 Å². The predicted octanol–water partition coefficient (Wildman–Crippen LogP) is 2.74. The fourth-order valence-corrected chi connectivity index (χ4v) is 3.43. The van der Waals surface area contributed by atoms with Gasteiger partial charge in [0.05, 0.1) is 6.61 Å². The lowest BCUT2D eigenvalue weighted by molar-refractivity contribution is 0.199. The number of anilines is 1. The predicted molar refractivity (Wildman–Crippen MR) is 87.3 cm³/mol. The first-order valence-corrected chi connectivity index (χ1v) is 8.57. The van der Waals surface area contributed by atoms with Gasteiger partial charge in [-0.3, -0.25) is 0 Å². The third kappa shape index (κ3) is 4.67. The normalized spacial score (nSPS) is 15.8. The highest BCUT2D eigenvalue weighted by molar-refractivity contribution is 9.10. The number of nitrogens with zero attached hydrogens (tertiary/aromatic N) is 1. The van der Waals surface area contributed by atoms with Crippen molar-refractivity contribution < 1.29 is 4.74 Å². The van der Waals surface area contributed by atoms with Gasteiger partial charge in [0.25, 0.3) is 0 Å². The van der Waals surface area contributed by atoms with Gasteiger partial charge >= 0.3 is 0 Å². The van der Waals surface area contributed by atoms with Crippen LogP contribution < -0.4 is 10.2 Å². The van der Waals surface area contributed by atoms with Crippen LogP contribution in [-0.4, -0.2) is 44.9 Å². The summed E-state index contributed by atoms with van der Waals surface area (Å²) in [6.07, 6.45) is 0. The van der Waals surface area contributed by atoms with E-state index in [0.717, 1.165) is 37.3 Å². The lowest BCUT2D eigenvalue weighted by Crippen LogP contribution is -2.33. The van der Waals surface area contributed by atoms with Crippen LogP contribution in [-0.2, 0) is 11.3 Å². The Morgan fingerprint density at radius 2 is 2.16 bits per heavy atom. The summed E-state index contributed by atoms with van der Waals surface area (Å²) < 4.78 is 6.22. The summed E-state index contributed by atoms with van der Waals surface area (Å²) >= 11 is 5.63. The first kappa shape index (κ1) is 15.2. The highest BCUT2D eigenvalue weighted by Crippen LogP contribution is 2.27. The van der Waals surface area contributed by atoms with Crippen LogP contribution in [0.3, 0.4) is 0 Å². The smallest absolute Gasteiger partial charge is 0.0587 e. The van der Waals surface area contributed by atoms with Gasteiger partial charge in [-0.2, -0.15) is 11.8 Å². The summed E-state index contributed by atoms with van der Waals surface area (Å²) in [5.74, 6) is 2.45. The molecular formula is C14H21BrN2OS. The van der Waals surface area contributed by atoms with E-state index in [4.69, 9.17) is 4.74 Å². The van der Waals surface area contributed by atoms with Crippen molar-refractivity contribution in [2.45, 2.75) is 6.54 Å². The van der Waals surface area contributed by atoms with Gasteiger partial charge in [0.15, 0.2) is 0 Å². The number of benzene rings is 1. The average Bonchev–Trinajstić information content (AvgIpc) is 2.46. The summed E-state index contributed by atoms with van der Waals surface area (Å²) in [4.78, 5) is 2.49. The van der Waals surface area contributed by atoms with E-state index in [1.54, 1.807) is 7.11 Å². The summed E-state index contributed by atoms with van der Waals surface area (Å²) in [6, 6.07) is 6.57. The molecule has 106 valence electrons. The molecule has 1 saturated heterocycles. The molecule has 0 saturated carbocycles. The van der Waals surface area contributed by atoms with Gasteiger partial charge in [-0.05, 0) is 17.7 Å². The molecule has 0 aliphatic carbocycles. The number of hydrogen-bond donors (Lipinski definition) is 1. The van der Waals surface area contributed by atoms with Crippen LogP contribution in [0, 0.1) is 0 Å². The summed E-state index contributed by atoms with van der Waals surface area (Å²) in [5, 5.41) is 3.43. The average molecular weight is 345 g/mol. The molecule has 1 aliphatic heterocycles. The molecule has 19 heavy (non-hydrogen) atoms. The number of hydrogen-bond acceptors (Lipinski definition) is 4. The molecule has 0 unspecified atom stereocenters. The quantitative estimate of drug-likeness (QED) is 0.802. The minimum Gasteiger partial charge on any atom is -0.383 e. The summed E-state index contributed by atoms with van der Waals surface area (Å²) in [5.41, 5.74) is 2.73. The molecule has 0 amide bonds. The van der Waals surface area contributed by atoms with Crippen molar-refractivity contribution in [1.29, 1.82) is 0 Å². The van der Waals surface area contributed by atoms with Gasteiger partial charge in [-0.15, -0.1) is 0 Å². The Hall–Kier alpha value is -0.230. The van der Waals surface area contributed by atoms with Gasteiger partial charge in [-0.25, -0.2) is 0 Å². The van der Waals surface area contributed by atoms with Crippen molar-refractivity contribution in [1.82, 2.24) is 5.32 Å². The second-order valence-corrected chi connectivity index (χ2v) is 6.68. The van der Waals surface area contributed by atoms with Gasteiger partial charge in [0.2, 0.25) is 0 Å². The van der Waals surface area contributed by atoms with E-state index in [1.807, 2.05) is 11.8 Å². The van der Waals surface area contributed by atoms with Crippen LogP contribution in [0.5, 0.6) is 0 Å². The Morgan fingerprint density at radius 1 is 1.37 bits per heavy atom. The van der Waals surface area contributed by atoms with Crippen molar-refractivity contribution >= 4 is 33.4 Å².